The minimum absolute atomic E-state index is 0.122. The first-order valence-electron chi connectivity index (χ1n) is 4.00. The van der Waals surface area contributed by atoms with Crippen LogP contribution in [0.25, 0.3) is 0 Å². The van der Waals surface area contributed by atoms with Crippen molar-refractivity contribution in [1.29, 1.82) is 0 Å². The predicted molar refractivity (Wildman–Crippen MR) is 52.9 cm³/mol. The molecule has 1 aliphatic heterocycles. The van der Waals surface area contributed by atoms with Crippen molar-refractivity contribution in [3.8, 4) is 0 Å². The summed E-state index contributed by atoms with van der Waals surface area (Å²) in [5.74, 6) is 0. The third-order valence-electron chi connectivity index (χ3n) is 1.78. The van der Waals surface area contributed by atoms with Crippen molar-refractivity contribution in [2.75, 3.05) is 19.3 Å². The van der Waals surface area contributed by atoms with Gasteiger partial charge in [-0.15, -0.1) is 0 Å². The minimum Gasteiger partial charge on any atom is -0.248 e. The molecule has 12 heavy (non-hydrogen) atoms. The Bertz CT molecular complexity index is 242. The lowest BCUT2D eigenvalue weighted by Crippen LogP contribution is -2.51. The zero-order valence-corrected chi connectivity index (χ0v) is 9.28. The highest BCUT2D eigenvalue weighted by Crippen LogP contribution is 2.26. The molecule has 0 aromatic heterocycles. The molecule has 0 spiro atoms. The van der Waals surface area contributed by atoms with Crippen molar-refractivity contribution in [2.24, 2.45) is 0 Å². The van der Waals surface area contributed by atoms with E-state index in [0.29, 0.717) is 18.3 Å². The highest BCUT2D eigenvalue weighted by molar-refractivity contribution is 7.97. The molecular weight excluding hydrogens is 194 g/mol. The maximum Gasteiger partial charge on any atom is 0.152 e. The summed E-state index contributed by atoms with van der Waals surface area (Å²) in [4.78, 5) is 0. The van der Waals surface area contributed by atoms with Gasteiger partial charge in [-0.05, 0) is 0 Å². The van der Waals surface area contributed by atoms with E-state index in [-0.39, 0.29) is 5.25 Å². The molecule has 3 nitrogen and oxygen atoms in total. The standard InChI is InChI=1S/C7H15NO2S2/c1-6(2)11-8-4-7(5-8)12(3,9)10/h6-7H,4-5H2,1-3H3. The second kappa shape index (κ2) is 3.55. The molecule has 0 radical (unpaired) electrons. The predicted octanol–water partition coefficient (Wildman–Crippen LogP) is 0.772. The monoisotopic (exact) mass is 209 g/mol. The lowest BCUT2D eigenvalue weighted by Gasteiger charge is -2.37. The van der Waals surface area contributed by atoms with Gasteiger partial charge in [0.15, 0.2) is 9.84 Å². The fourth-order valence-corrected chi connectivity index (χ4v) is 3.27. The van der Waals surface area contributed by atoms with Gasteiger partial charge in [0.2, 0.25) is 0 Å². The summed E-state index contributed by atoms with van der Waals surface area (Å²) >= 11 is 1.73. The van der Waals surface area contributed by atoms with E-state index in [2.05, 4.69) is 18.2 Å². The van der Waals surface area contributed by atoms with E-state index in [1.54, 1.807) is 11.9 Å². The zero-order valence-electron chi connectivity index (χ0n) is 7.65. The average molecular weight is 209 g/mol. The molecular formula is C7H15NO2S2. The van der Waals surface area contributed by atoms with Gasteiger partial charge in [0.25, 0.3) is 0 Å². The highest BCUT2D eigenvalue weighted by Gasteiger charge is 2.34. The van der Waals surface area contributed by atoms with Crippen LogP contribution in [0, 0.1) is 0 Å². The summed E-state index contributed by atoms with van der Waals surface area (Å²) in [6.45, 7) is 5.61. The molecule has 0 N–H and O–H groups in total. The zero-order chi connectivity index (χ0) is 9.35. The van der Waals surface area contributed by atoms with Crippen LogP contribution in [0.1, 0.15) is 13.8 Å². The second-order valence-corrected chi connectivity index (χ2v) is 7.45. The van der Waals surface area contributed by atoms with Crippen LogP contribution in [0.15, 0.2) is 0 Å². The summed E-state index contributed by atoms with van der Waals surface area (Å²) in [6, 6.07) is 0. The van der Waals surface area contributed by atoms with Crippen molar-refractivity contribution in [1.82, 2.24) is 4.31 Å². The Morgan fingerprint density at radius 2 is 1.92 bits per heavy atom. The van der Waals surface area contributed by atoms with E-state index in [9.17, 15) is 8.42 Å². The van der Waals surface area contributed by atoms with Gasteiger partial charge in [0.1, 0.15) is 0 Å². The van der Waals surface area contributed by atoms with Gasteiger partial charge in [-0.25, -0.2) is 12.7 Å². The van der Waals surface area contributed by atoms with Crippen LogP contribution < -0.4 is 0 Å². The van der Waals surface area contributed by atoms with Crippen LogP contribution in [0.4, 0.5) is 0 Å². The maximum atomic E-state index is 11.0. The molecule has 0 saturated carbocycles. The van der Waals surface area contributed by atoms with Gasteiger partial charge in [-0.2, -0.15) is 0 Å². The topological polar surface area (TPSA) is 37.4 Å². The summed E-state index contributed by atoms with van der Waals surface area (Å²) in [6.07, 6.45) is 1.31. The quantitative estimate of drug-likeness (QED) is 0.644. The van der Waals surface area contributed by atoms with Gasteiger partial charge < -0.3 is 0 Å². The van der Waals surface area contributed by atoms with Gasteiger partial charge in [0, 0.05) is 24.6 Å². The van der Waals surface area contributed by atoms with E-state index in [1.807, 2.05) is 0 Å². The van der Waals surface area contributed by atoms with Crippen LogP contribution >= 0.6 is 11.9 Å². The summed E-state index contributed by atoms with van der Waals surface area (Å²) in [7, 11) is -2.79. The van der Waals surface area contributed by atoms with E-state index >= 15 is 0 Å². The van der Waals surface area contributed by atoms with Gasteiger partial charge in [0.05, 0.1) is 5.25 Å². The Morgan fingerprint density at radius 3 is 2.25 bits per heavy atom. The lowest BCUT2D eigenvalue weighted by atomic mass is 10.3. The van der Waals surface area contributed by atoms with Crippen LogP contribution in [0.3, 0.4) is 0 Å². The number of nitrogens with zero attached hydrogens (tertiary/aromatic N) is 1. The highest BCUT2D eigenvalue weighted by atomic mass is 32.2. The minimum atomic E-state index is -2.79. The third-order valence-corrected chi connectivity index (χ3v) is 4.31. The molecule has 0 bridgehead atoms. The SMILES string of the molecule is CC(C)SN1CC(S(C)(=O)=O)C1. The third kappa shape index (κ3) is 2.64. The normalized spacial score (nSPS) is 21.3. The molecule has 1 aliphatic rings. The number of hydrogen-bond acceptors (Lipinski definition) is 4. The molecule has 1 heterocycles. The molecule has 0 aromatic carbocycles. The molecule has 0 unspecified atom stereocenters. The largest absolute Gasteiger partial charge is 0.248 e. The number of sulfone groups is 1. The number of hydrogen-bond donors (Lipinski definition) is 0. The molecule has 5 heteroatoms. The molecule has 72 valence electrons. The van der Waals surface area contributed by atoms with Crippen molar-refractivity contribution in [3.63, 3.8) is 0 Å². The van der Waals surface area contributed by atoms with Crippen molar-refractivity contribution < 1.29 is 8.42 Å². The molecule has 1 rings (SSSR count). The fraction of sp³-hybridized carbons (Fsp3) is 1.00. The van der Waals surface area contributed by atoms with E-state index in [4.69, 9.17) is 0 Å². The number of rotatable bonds is 3. The first-order valence-corrected chi connectivity index (χ1v) is 6.79. The summed E-state index contributed by atoms with van der Waals surface area (Å²) in [5.41, 5.74) is 0. The van der Waals surface area contributed by atoms with Crippen LogP contribution in [0.2, 0.25) is 0 Å². The molecule has 0 amide bonds. The van der Waals surface area contributed by atoms with Crippen LogP contribution in [-0.2, 0) is 9.84 Å². The molecule has 0 atom stereocenters. The molecule has 0 aliphatic carbocycles. The van der Waals surface area contributed by atoms with E-state index in [0.717, 1.165) is 0 Å². The first-order chi connectivity index (χ1) is 5.39. The Labute approximate surface area is 78.6 Å². The second-order valence-electron chi connectivity index (χ2n) is 3.45. The van der Waals surface area contributed by atoms with Crippen LogP contribution in [-0.4, -0.2) is 42.6 Å². The lowest BCUT2D eigenvalue weighted by molar-refractivity contribution is 0.342. The summed E-state index contributed by atoms with van der Waals surface area (Å²) < 4.78 is 24.1. The van der Waals surface area contributed by atoms with Crippen molar-refractivity contribution in [2.45, 2.75) is 24.3 Å². The summed E-state index contributed by atoms with van der Waals surface area (Å²) in [5, 5.41) is 0.425. The van der Waals surface area contributed by atoms with Crippen molar-refractivity contribution >= 4 is 21.8 Å². The van der Waals surface area contributed by atoms with Gasteiger partial charge in [-0.1, -0.05) is 25.8 Å². The Hall–Kier alpha value is 0.260. The smallest absolute Gasteiger partial charge is 0.152 e. The molecule has 1 fully saturated rings. The Morgan fingerprint density at radius 1 is 1.42 bits per heavy atom. The Kier molecular flexibility index (Phi) is 3.06. The Balaban J connectivity index is 2.30. The van der Waals surface area contributed by atoms with E-state index < -0.39 is 9.84 Å². The van der Waals surface area contributed by atoms with E-state index in [1.165, 1.54) is 6.26 Å². The van der Waals surface area contributed by atoms with Gasteiger partial charge in [-0.3, -0.25) is 0 Å². The first kappa shape index (κ1) is 10.3. The fourth-order valence-electron chi connectivity index (χ4n) is 1.06. The van der Waals surface area contributed by atoms with Crippen molar-refractivity contribution in [3.05, 3.63) is 0 Å². The molecule has 0 aromatic rings. The molecule has 1 saturated heterocycles. The maximum absolute atomic E-state index is 11.0. The average Bonchev–Trinajstić information content (AvgIpc) is 1.73. The van der Waals surface area contributed by atoms with Gasteiger partial charge >= 0.3 is 0 Å². The van der Waals surface area contributed by atoms with Crippen LogP contribution in [0.5, 0.6) is 0 Å².